The minimum absolute atomic E-state index is 0.258. The van der Waals surface area contributed by atoms with Crippen molar-refractivity contribution in [3.63, 3.8) is 0 Å². The predicted octanol–water partition coefficient (Wildman–Crippen LogP) is 1.58. The van der Waals surface area contributed by atoms with Crippen molar-refractivity contribution in [1.29, 1.82) is 0 Å². The highest BCUT2D eigenvalue weighted by atomic mass is 32.2. The van der Waals surface area contributed by atoms with Gasteiger partial charge in [-0.25, -0.2) is 17.1 Å². The van der Waals surface area contributed by atoms with Crippen molar-refractivity contribution in [1.82, 2.24) is 9.62 Å². The Hall–Kier alpha value is -0.980. The fourth-order valence-electron chi connectivity index (χ4n) is 1.66. The van der Waals surface area contributed by atoms with Gasteiger partial charge < -0.3 is 5.32 Å². The van der Waals surface area contributed by atoms with E-state index in [0.29, 0.717) is 19.5 Å². The summed E-state index contributed by atoms with van der Waals surface area (Å²) in [4.78, 5) is -0.258. The van der Waals surface area contributed by atoms with Gasteiger partial charge in [-0.05, 0) is 31.2 Å². The molecular formula is C12H19FN2O2S. The lowest BCUT2D eigenvalue weighted by Crippen LogP contribution is -2.28. The quantitative estimate of drug-likeness (QED) is 0.856. The molecule has 0 aliphatic carbocycles. The highest BCUT2D eigenvalue weighted by molar-refractivity contribution is 7.89. The summed E-state index contributed by atoms with van der Waals surface area (Å²) in [7, 11) is -0.530. The van der Waals surface area contributed by atoms with E-state index in [1.165, 1.54) is 23.5 Å². The average Bonchev–Trinajstić information content (AvgIpc) is 2.32. The molecule has 0 aliphatic heterocycles. The lowest BCUT2D eigenvalue weighted by atomic mass is 10.2. The smallest absolute Gasteiger partial charge is 0.245 e. The first-order valence-corrected chi connectivity index (χ1v) is 7.26. The van der Waals surface area contributed by atoms with E-state index >= 15 is 0 Å². The van der Waals surface area contributed by atoms with E-state index in [0.717, 1.165) is 5.56 Å². The van der Waals surface area contributed by atoms with Gasteiger partial charge in [0.2, 0.25) is 10.0 Å². The largest absolute Gasteiger partial charge is 0.316 e. The number of rotatable bonds is 6. The first kappa shape index (κ1) is 15.1. The molecule has 1 N–H and O–H groups in total. The lowest BCUT2D eigenvalue weighted by Gasteiger charge is -2.17. The van der Waals surface area contributed by atoms with E-state index in [1.54, 1.807) is 13.1 Å². The fourth-order valence-corrected chi connectivity index (χ4v) is 3.04. The van der Waals surface area contributed by atoms with Crippen LogP contribution >= 0.6 is 0 Å². The summed E-state index contributed by atoms with van der Waals surface area (Å²) in [6.45, 7) is 2.75. The Kier molecular flexibility index (Phi) is 5.25. The van der Waals surface area contributed by atoms with Crippen LogP contribution in [0.4, 0.5) is 4.39 Å². The molecule has 0 aromatic heterocycles. The number of halogens is 1. The van der Waals surface area contributed by atoms with Gasteiger partial charge in [-0.15, -0.1) is 0 Å². The highest BCUT2D eigenvalue weighted by Crippen LogP contribution is 2.20. The summed E-state index contributed by atoms with van der Waals surface area (Å²) in [6, 6.07) is 4.15. The Bertz CT molecular complexity index is 503. The van der Waals surface area contributed by atoms with Gasteiger partial charge in [0.05, 0.1) is 0 Å². The number of nitrogens with one attached hydrogen (secondary N) is 1. The summed E-state index contributed by atoms with van der Waals surface area (Å²) in [5, 5.41) is 2.91. The van der Waals surface area contributed by atoms with Crippen molar-refractivity contribution < 1.29 is 12.8 Å². The Morgan fingerprint density at radius 2 is 2.06 bits per heavy atom. The minimum Gasteiger partial charge on any atom is -0.316 e. The van der Waals surface area contributed by atoms with Gasteiger partial charge in [0.25, 0.3) is 0 Å². The molecule has 0 fully saturated rings. The molecule has 0 saturated carbocycles. The van der Waals surface area contributed by atoms with Crippen LogP contribution < -0.4 is 5.32 Å². The molecular weight excluding hydrogens is 255 g/mol. The monoisotopic (exact) mass is 274 g/mol. The van der Waals surface area contributed by atoms with Gasteiger partial charge in [-0.3, -0.25) is 0 Å². The van der Waals surface area contributed by atoms with Crippen molar-refractivity contribution in [3.05, 3.63) is 29.6 Å². The molecule has 0 radical (unpaired) electrons. The van der Waals surface area contributed by atoms with Crippen LogP contribution in [0.1, 0.15) is 18.9 Å². The molecule has 6 heteroatoms. The molecule has 0 unspecified atom stereocenters. The van der Waals surface area contributed by atoms with Gasteiger partial charge >= 0.3 is 0 Å². The van der Waals surface area contributed by atoms with Crippen LogP contribution in [0.5, 0.6) is 0 Å². The van der Waals surface area contributed by atoms with Crippen molar-refractivity contribution in [2.75, 3.05) is 20.6 Å². The van der Waals surface area contributed by atoms with Gasteiger partial charge in [-0.1, -0.05) is 13.0 Å². The molecule has 18 heavy (non-hydrogen) atoms. The molecule has 0 saturated heterocycles. The van der Waals surface area contributed by atoms with Crippen molar-refractivity contribution in [2.24, 2.45) is 0 Å². The van der Waals surface area contributed by atoms with Crippen molar-refractivity contribution >= 4 is 10.0 Å². The topological polar surface area (TPSA) is 49.4 Å². The Balaban J connectivity index is 3.18. The second-order valence-corrected chi connectivity index (χ2v) is 6.13. The standard InChI is InChI=1S/C12H19FN2O2S/c1-4-7-15(3)18(16,17)12-8-10(9-14-2)5-6-11(12)13/h5-6,8,14H,4,7,9H2,1-3H3. The zero-order chi connectivity index (χ0) is 13.8. The predicted molar refractivity (Wildman–Crippen MR) is 69.3 cm³/mol. The second-order valence-electron chi connectivity index (χ2n) is 4.12. The van der Waals surface area contributed by atoms with Gasteiger partial charge in [0.15, 0.2) is 0 Å². The Labute approximate surface area is 108 Å². The van der Waals surface area contributed by atoms with E-state index in [9.17, 15) is 12.8 Å². The van der Waals surface area contributed by atoms with E-state index in [2.05, 4.69) is 5.32 Å². The second kappa shape index (κ2) is 6.26. The van der Waals surface area contributed by atoms with Crippen molar-refractivity contribution in [2.45, 2.75) is 24.8 Å². The molecule has 1 aromatic rings. The van der Waals surface area contributed by atoms with Crippen molar-refractivity contribution in [3.8, 4) is 0 Å². The third kappa shape index (κ3) is 3.28. The van der Waals surface area contributed by atoms with E-state index in [-0.39, 0.29) is 4.90 Å². The maximum atomic E-state index is 13.7. The van der Waals surface area contributed by atoms with Gasteiger partial charge in [-0.2, -0.15) is 0 Å². The van der Waals surface area contributed by atoms with E-state index in [1.807, 2.05) is 6.92 Å². The summed E-state index contributed by atoms with van der Waals surface area (Å²) < 4.78 is 39.2. The number of hydrogen-bond acceptors (Lipinski definition) is 3. The molecule has 0 amide bonds. The normalized spacial score (nSPS) is 12.1. The number of benzene rings is 1. The molecule has 1 rings (SSSR count). The van der Waals surface area contributed by atoms with Crippen LogP contribution in [0.25, 0.3) is 0 Å². The van der Waals surface area contributed by atoms with Crippen LogP contribution in [0.15, 0.2) is 23.1 Å². The SMILES string of the molecule is CCCN(C)S(=O)(=O)c1cc(CNC)ccc1F. The maximum absolute atomic E-state index is 13.7. The highest BCUT2D eigenvalue weighted by Gasteiger charge is 2.24. The minimum atomic E-state index is -3.74. The number of sulfonamides is 1. The number of hydrogen-bond donors (Lipinski definition) is 1. The first-order valence-electron chi connectivity index (χ1n) is 5.82. The summed E-state index contributed by atoms with van der Waals surface area (Å²) in [5.41, 5.74) is 0.738. The van der Waals surface area contributed by atoms with Crippen LogP contribution in [0.3, 0.4) is 0 Å². The summed E-state index contributed by atoms with van der Waals surface area (Å²) >= 11 is 0. The molecule has 102 valence electrons. The third-order valence-corrected chi connectivity index (χ3v) is 4.48. The van der Waals surface area contributed by atoms with Crippen LogP contribution in [0.2, 0.25) is 0 Å². The first-order chi connectivity index (χ1) is 8.43. The average molecular weight is 274 g/mol. The Morgan fingerprint density at radius 3 is 2.61 bits per heavy atom. The van der Waals surface area contributed by atoms with E-state index in [4.69, 9.17) is 0 Å². The Morgan fingerprint density at radius 1 is 1.39 bits per heavy atom. The summed E-state index contributed by atoms with van der Waals surface area (Å²) in [6.07, 6.45) is 0.688. The van der Waals surface area contributed by atoms with Crippen LogP contribution in [-0.4, -0.2) is 33.4 Å². The lowest BCUT2D eigenvalue weighted by molar-refractivity contribution is 0.461. The van der Waals surface area contributed by atoms with Crippen LogP contribution in [-0.2, 0) is 16.6 Å². The zero-order valence-electron chi connectivity index (χ0n) is 10.9. The molecule has 0 heterocycles. The zero-order valence-corrected chi connectivity index (χ0v) is 11.7. The molecule has 0 aliphatic rings. The maximum Gasteiger partial charge on any atom is 0.245 e. The van der Waals surface area contributed by atoms with Gasteiger partial charge in [0.1, 0.15) is 10.7 Å². The molecule has 0 bridgehead atoms. The van der Waals surface area contributed by atoms with E-state index < -0.39 is 15.8 Å². The summed E-state index contributed by atoms with van der Waals surface area (Å²) in [5.74, 6) is -0.710. The van der Waals surface area contributed by atoms with Gasteiger partial charge in [0, 0.05) is 20.1 Å². The molecule has 1 aromatic carbocycles. The number of nitrogens with zero attached hydrogens (tertiary/aromatic N) is 1. The molecule has 4 nitrogen and oxygen atoms in total. The third-order valence-electron chi connectivity index (χ3n) is 2.60. The molecule has 0 spiro atoms. The fraction of sp³-hybridized carbons (Fsp3) is 0.500. The van der Waals surface area contributed by atoms with Crippen LogP contribution in [0, 0.1) is 5.82 Å². The molecule has 0 atom stereocenters.